The first-order chi connectivity index (χ1) is 8.83. The Morgan fingerprint density at radius 3 is 1.83 bits per heavy atom. The van der Waals surface area contributed by atoms with Crippen molar-refractivity contribution in [3.63, 3.8) is 0 Å². The van der Waals surface area contributed by atoms with Crippen LogP contribution in [0.4, 0.5) is 0 Å². The van der Waals surface area contributed by atoms with Crippen LogP contribution in [0, 0.1) is 0 Å². The van der Waals surface area contributed by atoms with Gasteiger partial charge in [0.2, 0.25) is 0 Å². The normalized spacial score (nSPS) is 23.7. The molecule has 1 aliphatic rings. The van der Waals surface area contributed by atoms with Gasteiger partial charge >= 0.3 is 0 Å². The van der Waals surface area contributed by atoms with Crippen molar-refractivity contribution >= 4 is 11.8 Å². The van der Waals surface area contributed by atoms with Crippen LogP contribution in [0.5, 0.6) is 0 Å². The second kappa shape index (κ2) is 11.2. The Bertz CT molecular complexity index is 178. The van der Waals surface area contributed by atoms with Crippen LogP contribution in [0.15, 0.2) is 0 Å². The average molecular weight is 271 g/mol. The van der Waals surface area contributed by atoms with Gasteiger partial charge in [-0.3, -0.25) is 0 Å². The molecule has 108 valence electrons. The molecule has 0 spiro atoms. The van der Waals surface area contributed by atoms with Crippen molar-refractivity contribution in [2.75, 3.05) is 0 Å². The molecule has 1 aliphatic heterocycles. The van der Waals surface area contributed by atoms with Crippen LogP contribution >= 0.6 is 11.8 Å². The number of hydrogen-bond donors (Lipinski definition) is 0. The van der Waals surface area contributed by atoms with E-state index in [1.165, 1.54) is 83.5 Å². The van der Waals surface area contributed by atoms with Crippen molar-refractivity contribution in [3.8, 4) is 0 Å². The summed E-state index contributed by atoms with van der Waals surface area (Å²) < 4.78 is 0. The average Bonchev–Trinajstić information content (AvgIpc) is 2.77. The van der Waals surface area contributed by atoms with Crippen LogP contribution in [-0.4, -0.2) is 10.5 Å². The molecule has 2 atom stereocenters. The third-order valence-corrected chi connectivity index (χ3v) is 5.76. The van der Waals surface area contributed by atoms with Crippen molar-refractivity contribution in [2.24, 2.45) is 0 Å². The summed E-state index contributed by atoms with van der Waals surface area (Å²) in [6.45, 7) is 4.69. The van der Waals surface area contributed by atoms with Crippen LogP contribution in [0.2, 0.25) is 0 Å². The van der Waals surface area contributed by atoms with Gasteiger partial charge in [0.1, 0.15) is 0 Å². The number of hydrogen-bond acceptors (Lipinski definition) is 1. The monoisotopic (exact) mass is 270 g/mol. The van der Waals surface area contributed by atoms with Gasteiger partial charge in [-0.2, -0.15) is 11.8 Å². The molecule has 0 nitrogen and oxygen atoms in total. The summed E-state index contributed by atoms with van der Waals surface area (Å²) >= 11 is 2.25. The first kappa shape index (κ1) is 16.4. The summed E-state index contributed by atoms with van der Waals surface area (Å²) in [5.41, 5.74) is 0. The quantitative estimate of drug-likeness (QED) is 0.382. The van der Waals surface area contributed by atoms with E-state index in [2.05, 4.69) is 25.6 Å². The van der Waals surface area contributed by atoms with Crippen LogP contribution in [-0.2, 0) is 0 Å². The fourth-order valence-electron chi connectivity index (χ4n) is 2.96. The van der Waals surface area contributed by atoms with Crippen LogP contribution < -0.4 is 0 Å². The Labute approximate surface area is 120 Å². The van der Waals surface area contributed by atoms with Gasteiger partial charge in [0.25, 0.3) is 0 Å². The predicted octanol–water partition coefficient (Wildman–Crippen LogP) is 6.58. The molecular weight excluding hydrogens is 236 g/mol. The van der Waals surface area contributed by atoms with Crippen molar-refractivity contribution in [1.82, 2.24) is 0 Å². The zero-order chi connectivity index (χ0) is 13.1. The molecule has 0 N–H and O–H groups in total. The molecule has 1 rings (SSSR count). The van der Waals surface area contributed by atoms with E-state index in [4.69, 9.17) is 0 Å². The first-order valence-corrected chi connectivity index (χ1v) is 9.42. The van der Waals surface area contributed by atoms with Gasteiger partial charge in [-0.1, -0.05) is 78.1 Å². The lowest BCUT2D eigenvalue weighted by atomic mass is 10.0. The zero-order valence-corrected chi connectivity index (χ0v) is 13.6. The first-order valence-electron chi connectivity index (χ1n) is 8.48. The van der Waals surface area contributed by atoms with Gasteiger partial charge in [-0.05, 0) is 19.3 Å². The molecule has 0 radical (unpaired) electrons. The van der Waals surface area contributed by atoms with E-state index < -0.39 is 0 Å². The van der Waals surface area contributed by atoms with E-state index in [0.717, 1.165) is 10.5 Å². The Balaban J connectivity index is 1.73. The van der Waals surface area contributed by atoms with Crippen LogP contribution in [0.3, 0.4) is 0 Å². The largest absolute Gasteiger partial charge is 0.155 e. The number of rotatable bonds is 11. The maximum Gasteiger partial charge on any atom is 0.00501 e. The van der Waals surface area contributed by atoms with E-state index in [-0.39, 0.29) is 0 Å². The molecule has 0 amide bonds. The van der Waals surface area contributed by atoms with E-state index in [1.54, 1.807) is 0 Å². The lowest BCUT2D eigenvalue weighted by Crippen LogP contribution is -1.96. The van der Waals surface area contributed by atoms with Crippen molar-refractivity contribution in [3.05, 3.63) is 0 Å². The number of unbranched alkanes of at least 4 members (excludes halogenated alkanes) is 9. The van der Waals surface area contributed by atoms with Gasteiger partial charge in [0, 0.05) is 10.5 Å². The molecule has 0 saturated carbocycles. The fraction of sp³-hybridized carbons (Fsp3) is 1.00. The highest BCUT2D eigenvalue weighted by Crippen LogP contribution is 2.36. The van der Waals surface area contributed by atoms with Gasteiger partial charge in [0.05, 0.1) is 0 Å². The third kappa shape index (κ3) is 8.45. The second-order valence-corrected chi connectivity index (χ2v) is 7.86. The van der Waals surface area contributed by atoms with Crippen molar-refractivity contribution in [1.29, 1.82) is 0 Å². The predicted molar refractivity (Wildman–Crippen MR) is 86.5 cm³/mol. The highest BCUT2D eigenvalue weighted by atomic mass is 32.2. The Morgan fingerprint density at radius 2 is 1.33 bits per heavy atom. The third-order valence-electron chi connectivity index (χ3n) is 4.20. The molecular formula is C17H34S. The molecule has 0 aromatic rings. The Hall–Kier alpha value is 0.350. The van der Waals surface area contributed by atoms with E-state index in [9.17, 15) is 0 Å². The van der Waals surface area contributed by atoms with Gasteiger partial charge in [0.15, 0.2) is 0 Å². The maximum absolute atomic E-state index is 2.39. The smallest absolute Gasteiger partial charge is 0.00501 e. The molecule has 18 heavy (non-hydrogen) atoms. The minimum absolute atomic E-state index is 0.943. The topological polar surface area (TPSA) is 0 Å². The molecule has 1 fully saturated rings. The molecule has 2 unspecified atom stereocenters. The minimum atomic E-state index is 0.943. The summed E-state index contributed by atoms with van der Waals surface area (Å²) in [4.78, 5) is 0. The van der Waals surface area contributed by atoms with Gasteiger partial charge < -0.3 is 0 Å². The lowest BCUT2D eigenvalue weighted by Gasteiger charge is -2.08. The summed E-state index contributed by atoms with van der Waals surface area (Å²) in [7, 11) is 0. The zero-order valence-electron chi connectivity index (χ0n) is 12.8. The van der Waals surface area contributed by atoms with E-state index in [0.29, 0.717) is 0 Å². The molecule has 1 heterocycles. The SMILES string of the molecule is CCCCCCCCCCCCC1CCC(C)S1. The Kier molecular flexibility index (Phi) is 10.2. The Morgan fingerprint density at radius 1 is 0.778 bits per heavy atom. The highest BCUT2D eigenvalue weighted by molar-refractivity contribution is 8.00. The molecule has 0 aromatic carbocycles. The van der Waals surface area contributed by atoms with E-state index >= 15 is 0 Å². The standard InChI is InChI=1S/C17H34S/c1-3-4-5-6-7-8-9-10-11-12-13-17-15-14-16(2)18-17/h16-17H,3-15H2,1-2H3. The maximum atomic E-state index is 2.39. The number of thioether (sulfide) groups is 1. The summed E-state index contributed by atoms with van der Waals surface area (Å²) in [6, 6.07) is 0. The van der Waals surface area contributed by atoms with E-state index in [1.807, 2.05) is 0 Å². The van der Waals surface area contributed by atoms with Crippen molar-refractivity contribution in [2.45, 2.75) is 108 Å². The molecule has 0 aromatic heterocycles. The molecule has 1 heteroatoms. The lowest BCUT2D eigenvalue weighted by molar-refractivity contribution is 0.544. The molecule has 1 saturated heterocycles. The fourth-order valence-corrected chi connectivity index (χ4v) is 4.46. The minimum Gasteiger partial charge on any atom is -0.155 e. The van der Waals surface area contributed by atoms with Crippen LogP contribution in [0.25, 0.3) is 0 Å². The van der Waals surface area contributed by atoms with Gasteiger partial charge in [-0.15, -0.1) is 0 Å². The van der Waals surface area contributed by atoms with Gasteiger partial charge in [-0.25, -0.2) is 0 Å². The molecule has 0 aliphatic carbocycles. The van der Waals surface area contributed by atoms with Crippen LogP contribution in [0.1, 0.15) is 97.3 Å². The van der Waals surface area contributed by atoms with Crippen molar-refractivity contribution < 1.29 is 0 Å². The summed E-state index contributed by atoms with van der Waals surface area (Å²) in [5, 5.41) is 1.95. The highest BCUT2D eigenvalue weighted by Gasteiger charge is 2.20. The summed E-state index contributed by atoms with van der Waals surface area (Å²) in [5.74, 6) is 0. The molecule has 0 bridgehead atoms. The second-order valence-electron chi connectivity index (χ2n) is 6.12. The summed E-state index contributed by atoms with van der Waals surface area (Å²) in [6.07, 6.45) is 19.1.